The van der Waals surface area contributed by atoms with Gasteiger partial charge in [-0.15, -0.1) is 0 Å². The molecule has 172 valence electrons. The van der Waals surface area contributed by atoms with E-state index in [4.69, 9.17) is 9.47 Å². The molecular weight excluding hydrogens is 408 g/mol. The lowest BCUT2D eigenvalue weighted by Crippen LogP contribution is -2.48. The van der Waals surface area contributed by atoms with E-state index >= 15 is 0 Å². The first-order valence-electron chi connectivity index (χ1n) is 11.9. The number of rotatable bonds is 3. The van der Waals surface area contributed by atoms with Crippen LogP contribution in [0.3, 0.4) is 0 Å². The predicted molar refractivity (Wildman–Crippen MR) is 123 cm³/mol. The topological polar surface area (TPSA) is 74.3 Å². The fraction of sp³-hybridized carbons (Fsp3) is 0.583. The second-order valence-electron chi connectivity index (χ2n) is 8.82. The number of likely N-dealkylation sites (tertiary alicyclic amines) is 1. The summed E-state index contributed by atoms with van der Waals surface area (Å²) in [4.78, 5) is 32.0. The molecule has 0 radical (unpaired) electrons. The van der Waals surface area contributed by atoms with Gasteiger partial charge in [0.25, 0.3) is 5.91 Å². The fourth-order valence-corrected chi connectivity index (χ4v) is 5.29. The molecule has 0 bridgehead atoms. The van der Waals surface area contributed by atoms with Gasteiger partial charge in [-0.05, 0) is 50.8 Å². The highest BCUT2D eigenvalue weighted by molar-refractivity contribution is 6.33. The Morgan fingerprint density at radius 1 is 1.19 bits per heavy atom. The maximum Gasteiger partial charge on any atom is 0.409 e. The van der Waals surface area contributed by atoms with Gasteiger partial charge in [-0.3, -0.25) is 4.79 Å². The number of morpholine rings is 1. The molecule has 3 fully saturated rings. The van der Waals surface area contributed by atoms with E-state index in [2.05, 4.69) is 28.4 Å². The summed E-state index contributed by atoms with van der Waals surface area (Å²) in [6.45, 7) is 7.33. The van der Waals surface area contributed by atoms with E-state index in [1.807, 2.05) is 11.8 Å². The van der Waals surface area contributed by atoms with E-state index in [1.54, 1.807) is 4.90 Å². The van der Waals surface area contributed by atoms with Crippen LogP contribution in [0.25, 0.3) is 5.57 Å². The van der Waals surface area contributed by atoms with Gasteiger partial charge in [0.05, 0.1) is 36.8 Å². The van der Waals surface area contributed by atoms with Crippen LogP contribution in [0.1, 0.15) is 38.2 Å². The zero-order valence-corrected chi connectivity index (χ0v) is 18.8. The van der Waals surface area contributed by atoms with Gasteiger partial charge in [0, 0.05) is 50.0 Å². The van der Waals surface area contributed by atoms with Gasteiger partial charge in [0.1, 0.15) is 0 Å². The Kier molecular flexibility index (Phi) is 5.95. The van der Waals surface area contributed by atoms with E-state index in [0.717, 1.165) is 48.5 Å². The van der Waals surface area contributed by atoms with Crippen molar-refractivity contribution in [2.45, 2.75) is 38.6 Å². The van der Waals surface area contributed by atoms with Crippen LogP contribution in [0.5, 0.6) is 0 Å². The number of anilines is 2. The molecule has 1 N–H and O–H groups in total. The molecule has 0 saturated carbocycles. The van der Waals surface area contributed by atoms with Gasteiger partial charge < -0.3 is 29.5 Å². The van der Waals surface area contributed by atoms with Crippen LogP contribution in [0, 0.1) is 0 Å². The maximum absolute atomic E-state index is 13.8. The second-order valence-corrected chi connectivity index (χ2v) is 8.82. The minimum Gasteiger partial charge on any atom is -0.450 e. The highest BCUT2D eigenvalue weighted by Gasteiger charge is 2.41. The lowest BCUT2D eigenvalue weighted by atomic mass is 10.0. The monoisotopic (exact) mass is 440 g/mol. The van der Waals surface area contributed by atoms with Crippen LogP contribution in [0.4, 0.5) is 16.2 Å². The number of carbonyl (C=O) groups excluding carboxylic acids is 2. The summed E-state index contributed by atoms with van der Waals surface area (Å²) in [7, 11) is 0. The summed E-state index contributed by atoms with van der Waals surface area (Å²) in [5, 5.41) is 3.40. The first-order valence-corrected chi connectivity index (χ1v) is 11.9. The number of nitrogens with one attached hydrogen (secondary N) is 1. The molecule has 4 aliphatic heterocycles. The number of ether oxygens (including phenoxy) is 2. The summed E-state index contributed by atoms with van der Waals surface area (Å²) >= 11 is 0. The third kappa shape index (κ3) is 3.81. The Bertz CT molecular complexity index is 909. The molecule has 5 rings (SSSR count). The third-order valence-electron chi connectivity index (χ3n) is 6.90. The van der Waals surface area contributed by atoms with Crippen molar-refractivity contribution in [1.29, 1.82) is 0 Å². The van der Waals surface area contributed by atoms with Crippen molar-refractivity contribution >= 4 is 28.9 Å². The Balaban J connectivity index is 1.45. The van der Waals surface area contributed by atoms with Gasteiger partial charge in [-0.1, -0.05) is 0 Å². The van der Waals surface area contributed by atoms with E-state index < -0.39 is 0 Å². The summed E-state index contributed by atoms with van der Waals surface area (Å²) < 4.78 is 10.8. The molecule has 4 heterocycles. The van der Waals surface area contributed by atoms with Crippen molar-refractivity contribution in [3.63, 3.8) is 0 Å². The van der Waals surface area contributed by atoms with Gasteiger partial charge in [-0.25, -0.2) is 4.79 Å². The molecule has 0 atom stereocenters. The van der Waals surface area contributed by atoms with Crippen LogP contribution in [-0.2, 0) is 14.3 Å². The third-order valence-corrected chi connectivity index (χ3v) is 6.90. The molecule has 1 aromatic rings. The van der Waals surface area contributed by atoms with Crippen LogP contribution in [0.2, 0.25) is 0 Å². The first-order chi connectivity index (χ1) is 15.7. The lowest BCUT2D eigenvalue weighted by molar-refractivity contribution is -0.113. The highest BCUT2D eigenvalue weighted by atomic mass is 16.6. The molecular formula is C24H32N4O4. The minimum absolute atomic E-state index is 0.0427. The predicted octanol–water partition coefficient (Wildman–Crippen LogP) is 2.59. The number of hydrogen-bond donors (Lipinski definition) is 1. The van der Waals surface area contributed by atoms with Crippen molar-refractivity contribution in [1.82, 2.24) is 10.2 Å². The molecule has 3 saturated heterocycles. The Morgan fingerprint density at radius 2 is 1.97 bits per heavy atom. The van der Waals surface area contributed by atoms with E-state index in [9.17, 15) is 9.59 Å². The van der Waals surface area contributed by atoms with Gasteiger partial charge in [0.15, 0.2) is 0 Å². The quantitative estimate of drug-likeness (QED) is 0.729. The summed E-state index contributed by atoms with van der Waals surface area (Å²) in [5.41, 5.74) is 4.78. The van der Waals surface area contributed by atoms with E-state index in [0.29, 0.717) is 39.5 Å². The van der Waals surface area contributed by atoms with Crippen molar-refractivity contribution < 1.29 is 19.1 Å². The summed E-state index contributed by atoms with van der Waals surface area (Å²) in [6, 6.07) is 6.50. The highest BCUT2D eigenvalue weighted by Crippen LogP contribution is 2.43. The van der Waals surface area contributed by atoms with Crippen molar-refractivity contribution in [3.05, 3.63) is 29.5 Å². The molecule has 1 aromatic carbocycles. The fourth-order valence-electron chi connectivity index (χ4n) is 5.29. The second kappa shape index (κ2) is 9.02. The van der Waals surface area contributed by atoms with Gasteiger partial charge in [-0.2, -0.15) is 0 Å². The number of carbonyl (C=O) groups is 2. The molecule has 8 nitrogen and oxygen atoms in total. The summed E-state index contributed by atoms with van der Waals surface area (Å²) in [6.07, 6.45) is 3.64. The molecule has 0 aliphatic carbocycles. The molecule has 2 amide bonds. The van der Waals surface area contributed by atoms with Gasteiger partial charge >= 0.3 is 6.09 Å². The van der Waals surface area contributed by atoms with Crippen LogP contribution >= 0.6 is 0 Å². The Morgan fingerprint density at radius 3 is 2.66 bits per heavy atom. The van der Waals surface area contributed by atoms with E-state index in [1.165, 1.54) is 18.5 Å². The molecule has 0 unspecified atom stereocenters. The van der Waals surface area contributed by atoms with Crippen LogP contribution in [-0.4, -0.2) is 75.5 Å². The normalized spacial score (nSPS) is 24.0. The molecule has 4 aliphatic rings. The minimum atomic E-state index is -0.263. The average molecular weight is 441 g/mol. The SMILES string of the molecule is CCOC(=O)N1CCC(N2C(=O)/C(=C3/COCCN3)c3cc(N4CCCC4)ccc32)CC1. The summed E-state index contributed by atoms with van der Waals surface area (Å²) in [5.74, 6) is 0.0427. The number of piperidine rings is 1. The Labute approximate surface area is 189 Å². The van der Waals surface area contributed by atoms with E-state index in [-0.39, 0.29) is 18.0 Å². The molecule has 0 aromatic heterocycles. The first kappa shape index (κ1) is 21.1. The zero-order chi connectivity index (χ0) is 22.1. The maximum atomic E-state index is 13.8. The average Bonchev–Trinajstić information content (AvgIpc) is 3.45. The molecule has 8 heteroatoms. The molecule has 32 heavy (non-hydrogen) atoms. The number of amides is 2. The van der Waals surface area contributed by atoms with Crippen molar-refractivity contribution in [2.24, 2.45) is 0 Å². The molecule has 0 spiro atoms. The lowest BCUT2D eigenvalue weighted by Gasteiger charge is -2.36. The standard InChI is InChI=1S/C24H32N4O4/c1-2-32-24(30)27-12-7-17(8-13-27)28-21-6-5-18(26-10-3-4-11-26)15-19(21)22(23(28)29)20-16-31-14-9-25-20/h5-6,15,17,25H,2-4,7-14,16H2,1H3/b22-20-. The number of fused-ring (bicyclic) bond motifs is 1. The number of benzene rings is 1. The number of nitrogens with zero attached hydrogens (tertiary/aromatic N) is 3. The largest absolute Gasteiger partial charge is 0.450 e. The smallest absolute Gasteiger partial charge is 0.409 e. The van der Waals surface area contributed by atoms with Gasteiger partial charge in [0.2, 0.25) is 0 Å². The zero-order valence-electron chi connectivity index (χ0n) is 18.8. The van der Waals surface area contributed by atoms with Crippen LogP contribution in [0.15, 0.2) is 23.9 Å². The van der Waals surface area contributed by atoms with Crippen LogP contribution < -0.4 is 15.1 Å². The van der Waals surface area contributed by atoms with Crippen molar-refractivity contribution in [3.8, 4) is 0 Å². The van der Waals surface area contributed by atoms with Crippen molar-refractivity contribution in [2.75, 3.05) is 62.3 Å². The Hall–Kier alpha value is -2.74. The number of hydrogen-bond acceptors (Lipinski definition) is 6.